The Morgan fingerprint density at radius 2 is 1.05 bits per heavy atom. The molecule has 4 rings (SSSR count). The molecule has 2 atom stereocenters. The van der Waals surface area contributed by atoms with E-state index in [-0.39, 0.29) is 0 Å². The second kappa shape index (κ2) is 15.6. The monoisotopic (exact) mass is 648 g/mol. The van der Waals surface area contributed by atoms with E-state index in [2.05, 4.69) is 102 Å². The Kier molecular flexibility index (Phi) is 12.2. The van der Waals surface area contributed by atoms with Crippen molar-refractivity contribution in [3.8, 4) is 0 Å². The van der Waals surface area contributed by atoms with E-state index in [1.165, 1.54) is 125 Å². The third kappa shape index (κ3) is 9.21. The van der Waals surface area contributed by atoms with Gasteiger partial charge in [-0.1, -0.05) is 51.4 Å². The maximum atomic E-state index is 3.95. The Morgan fingerprint density at radius 1 is 0.658 bits per heavy atom. The van der Waals surface area contributed by atoms with Crippen LogP contribution in [0.1, 0.15) is 124 Å². The molecule has 0 spiro atoms. The van der Waals surface area contributed by atoms with E-state index < -0.39 is 0 Å². The Bertz CT molecular complexity index is 906. The summed E-state index contributed by atoms with van der Waals surface area (Å²) in [5.41, 5.74) is 5.19. The highest BCUT2D eigenvalue weighted by Gasteiger charge is 2.21. The standard InChI is InChI=1S/C32H48Br2N4/c1-25-23-29(35-27-13-7-5-8-14-27)19-21-37(25)31(33)17-11-3-4-12-18-32(34)38-22-20-30(24-26(38)2)36-28-15-9-6-10-16-28/h19-24,27-28,31-32H,3-18H2,1-2H3/p+2. The lowest BCUT2D eigenvalue weighted by atomic mass is 9.95. The lowest BCUT2D eigenvalue weighted by molar-refractivity contribution is -0.704. The van der Waals surface area contributed by atoms with Crippen LogP contribution in [-0.2, 0) is 0 Å². The number of aromatic nitrogens is 2. The third-order valence-electron chi connectivity index (χ3n) is 8.56. The zero-order valence-electron chi connectivity index (χ0n) is 23.7. The molecule has 38 heavy (non-hydrogen) atoms. The second-order valence-corrected chi connectivity index (χ2v) is 13.9. The molecule has 2 aromatic rings. The summed E-state index contributed by atoms with van der Waals surface area (Å²) in [4.78, 5) is 0.739. The van der Waals surface area contributed by atoms with Gasteiger partial charge in [0.1, 0.15) is 0 Å². The minimum atomic E-state index is 0.370. The van der Waals surface area contributed by atoms with Crippen LogP contribution in [0.15, 0.2) is 36.7 Å². The van der Waals surface area contributed by atoms with Crippen molar-refractivity contribution in [3.63, 3.8) is 0 Å². The molecule has 2 aromatic heterocycles. The molecule has 0 saturated heterocycles. The fourth-order valence-corrected chi connectivity index (χ4v) is 7.85. The largest absolute Gasteiger partial charge is 0.382 e. The van der Waals surface area contributed by atoms with Gasteiger partial charge in [-0.25, -0.2) is 0 Å². The van der Waals surface area contributed by atoms with Crippen molar-refractivity contribution in [2.75, 3.05) is 10.6 Å². The highest BCUT2D eigenvalue weighted by Crippen LogP contribution is 2.25. The van der Waals surface area contributed by atoms with Crippen LogP contribution in [0.5, 0.6) is 0 Å². The zero-order valence-corrected chi connectivity index (χ0v) is 26.9. The average molecular weight is 651 g/mol. The van der Waals surface area contributed by atoms with Crippen molar-refractivity contribution in [1.82, 2.24) is 0 Å². The van der Waals surface area contributed by atoms with Crippen molar-refractivity contribution >= 4 is 43.2 Å². The first-order valence-electron chi connectivity index (χ1n) is 15.3. The molecule has 2 saturated carbocycles. The first-order chi connectivity index (χ1) is 18.5. The highest BCUT2D eigenvalue weighted by atomic mass is 79.9. The molecule has 2 unspecified atom stereocenters. The average Bonchev–Trinajstić information content (AvgIpc) is 2.91. The SMILES string of the molecule is Cc1cc(NC2CCCCC2)cc[n+]1C(Br)CCCCCCC(Br)[n+]1ccc(NC2CCCCC2)cc1C. The van der Waals surface area contributed by atoms with Gasteiger partial charge in [-0.15, -0.1) is 0 Å². The van der Waals surface area contributed by atoms with E-state index in [0.717, 1.165) is 0 Å². The van der Waals surface area contributed by atoms with Crippen molar-refractivity contribution in [1.29, 1.82) is 0 Å². The number of rotatable bonds is 13. The van der Waals surface area contributed by atoms with Crippen molar-refractivity contribution in [2.45, 2.75) is 139 Å². The Labute approximate surface area is 248 Å². The van der Waals surface area contributed by atoms with Crippen LogP contribution in [0.2, 0.25) is 0 Å². The Hall–Kier alpha value is -1.14. The molecule has 0 aliphatic heterocycles. The lowest BCUT2D eigenvalue weighted by Crippen LogP contribution is -2.39. The molecule has 2 heterocycles. The summed E-state index contributed by atoms with van der Waals surface area (Å²) in [7, 11) is 0. The van der Waals surface area contributed by atoms with E-state index in [0.29, 0.717) is 22.0 Å². The van der Waals surface area contributed by atoms with Gasteiger partial charge < -0.3 is 10.6 Å². The lowest BCUT2D eigenvalue weighted by Gasteiger charge is -2.23. The molecule has 0 bridgehead atoms. The minimum absolute atomic E-state index is 0.370. The van der Waals surface area contributed by atoms with Crippen molar-refractivity contribution in [3.05, 3.63) is 48.0 Å². The smallest absolute Gasteiger partial charge is 0.212 e. The highest BCUT2D eigenvalue weighted by molar-refractivity contribution is 9.09. The summed E-state index contributed by atoms with van der Waals surface area (Å²) in [5.74, 6) is 0. The summed E-state index contributed by atoms with van der Waals surface area (Å²) in [6.45, 7) is 4.46. The number of unbranched alkanes of at least 4 members (excludes halogenated alkanes) is 3. The maximum Gasteiger partial charge on any atom is 0.212 e. The number of halogens is 2. The Balaban J connectivity index is 1.13. The van der Waals surface area contributed by atoms with E-state index in [9.17, 15) is 0 Å². The van der Waals surface area contributed by atoms with Crippen LogP contribution in [0.25, 0.3) is 0 Å². The molecule has 0 aromatic carbocycles. The quantitative estimate of drug-likeness (QED) is 0.129. The van der Waals surface area contributed by atoms with Crippen LogP contribution in [-0.4, -0.2) is 12.1 Å². The summed E-state index contributed by atoms with van der Waals surface area (Å²) < 4.78 is 4.76. The third-order valence-corrected chi connectivity index (χ3v) is 10.4. The number of aryl methyl sites for hydroxylation is 2. The molecule has 0 amide bonds. The minimum Gasteiger partial charge on any atom is -0.382 e. The van der Waals surface area contributed by atoms with Gasteiger partial charge in [0.25, 0.3) is 0 Å². The second-order valence-electron chi connectivity index (χ2n) is 11.7. The van der Waals surface area contributed by atoms with Crippen LogP contribution >= 0.6 is 31.9 Å². The zero-order chi connectivity index (χ0) is 26.7. The molecular weight excluding hydrogens is 600 g/mol. The number of hydrogen-bond acceptors (Lipinski definition) is 2. The molecule has 210 valence electrons. The van der Waals surface area contributed by atoms with Gasteiger partial charge in [-0.2, -0.15) is 9.13 Å². The van der Waals surface area contributed by atoms with Gasteiger partial charge in [0.15, 0.2) is 23.8 Å². The fraction of sp³-hybridized carbons (Fsp3) is 0.688. The predicted octanol–water partition coefficient (Wildman–Crippen LogP) is 9.20. The number of alkyl halides is 2. The first kappa shape index (κ1) is 29.8. The molecular formula is C32H50Br2N4+2. The number of nitrogens with zero attached hydrogens (tertiary/aromatic N) is 2. The maximum absolute atomic E-state index is 3.95. The molecule has 2 N–H and O–H groups in total. The first-order valence-corrected chi connectivity index (χ1v) is 17.2. The van der Waals surface area contributed by atoms with Crippen molar-refractivity contribution in [2.24, 2.45) is 0 Å². The van der Waals surface area contributed by atoms with Crippen LogP contribution < -0.4 is 19.8 Å². The van der Waals surface area contributed by atoms with E-state index in [1.807, 2.05) is 0 Å². The predicted molar refractivity (Wildman–Crippen MR) is 167 cm³/mol. The topological polar surface area (TPSA) is 31.8 Å². The molecule has 2 aliphatic carbocycles. The van der Waals surface area contributed by atoms with Gasteiger partial charge >= 0.3 is 0 Å². The van der Waals surface area contributed by atoms with E-state index in [4.69, 9.17) is 0 Å². The summed E-state index contributed by atoms with van der Waals surface area (Å²) >= 11 is 7.91. The summed E-state index contributed by atoms with van der Waals surface area (Å²) in [5, 5.41) is 7.52. The number of pyridine rings is 2. The summed E-state index contributed by atoms with van der Waals surface area (Å²) in [6.07, 6.45) is 25.5. The van der Waals surface area contributed by atoms with Crippen LogP contribution in [0.4, 0.5) is 11.4 Å². The van der Waals surface area contributed by atoms with Crippen LogP contribution in [0, 0.1) is 13.8 Å². The van der Waals surface area contributed by atoms with Gasteiger partial charge in [0, 0.05) is 74.4 Å². The number of anilines is 2. The summed E-state index contributed by atoms with van der Waals surface area (Å²) in [6, 6.07) is 10.5. The van der Waals surface area contributed by atoms with E-state index >= 15 is 0 Å². The normalized spacial score (nSPS) is 18.7. The van der Waals surface area contributed by atoms with Crippen molar-refractivity contribution < 1.29 is 9.13 Å². The van der Waals surface area contributed by atoms with Gasteiger partial charge in [0.05, 0.1) is 0 Å². The number of nitrogens with one attached hydrogen (secondary N) is 2. The number of hydrogen-bond donors (Lipinski definition) is 2. The van der Waals surface area contributed by atoms with Gasteiger partial charge in [-0.05, 0) is 70.4 Å². The van der Waals surface area contributed by atoms with Gasteiger partial charge in [0.2, 0.25) is 9.90 Å². The van der Waals surface area contributed by atoms with Gasteiger partial charge in [-0.3, -0.25) is 0 Å². The Morgan fingerprint density at radius 3 is 1.42 bits per heavy atom. The molecule has 2 fully saturated rings. The molecule has 0 radical (unpaired) electrons. The molecule has 6 heteroatoms. The van der Waals surface area contributed by atoms with Crippen LogP contribution in [0.3, 0.4) is 0 Å². The van der Waals surface area contributed by atoms with E-state index in [1.54, 1.807) is 0 Å². The fourth-order valence-electron chi connectivity index (χ4n) is 6.28. The molecule has 2 aliphatic rings. The molecule has 4 nitrogen and oxygen atoms in total.